The molecule has 0 bridgehead atoms. The van der Waals surface area contributed by atoms with Gasteiger partial charge in [0.25, 0.3) is 0 Å². The Balaban J connectivity index is 2.48. The van der Waals surface area contributed by atoms with E-state index < -0.39 is 5.97 Å². The summed E-state index contributed by atoms with van der Waals surface area (Å²) < 4.78 is 0.866. The van der Waals surface area contributed by atoms with Crippen molar-refractivity contribution in [1.82, 2.24) is 0 Å². The molecular formula is C15H14BrClN2O2. The van der Waals surface area contributed by atoms with Gasteiger partial charge < -0.3 is 21.0 Å². The Morgan fingerprint density at radius 2 is 2.00 bits per heavy atom. The summed E-state index contributed by atoms with van der Waals surface area (Å²) in [5, 5.41) is 13.0. The maximum atomic E-state index is 10.8. The van der Waals surface area contributed by atoms with Gasteiger partial charge in [-0.15, -0.1) is 0 Å². The third-order valence-corrected chi connectivity index (χ3v) is 3.98. The first-order valence-electron chi connectivity index (χ1n) is 6.31. The van der Waals surface area contributed by atoms with E-state index in [1.807, 2.05) is 30.3 Å². The number of hydrogen-bond donors (Lipinski definition) is 2. The molecule has 1 atom stereocenters. The highest BCUT2D eigenvalue weighted by Gasteiger charge is 2.22. The Morgan fingerprint density at radius 1 is 1.29 bits per heavy atom. The average Bonchev–Trinajstić information content (AvgIpc) is 2.44. The van der Waals surface area contributed by atoms with Crippen molar-refractivity contribution in [3.63, 3.8) is 0 Å². The molecule has 6 heteroatoms. The predicted octanol–water partition coefficient (Wildman–Crippen LogP) is 1.09. The van der Waals surface area contributed by atoms with E-state index in [2.05, 4.69) is 15.9 Å². The third kappa shape index (κ3) is 3.97. The van der Waals surface area contributed by atoms with Crippen LogP contribution < -0.4 is 16.2 Å². The van der Waals surface area contributed by atoms with Crippen molar-refractivity contribution in [2.75, 3.05) is 12.3 Å². The van der Waals surface area contributed by atoms with Gasteiger partial charge in [0.15, 0.2) is 0 Å². The first-order chi connectivity index (χ1) is 9.99. The molecule has 0 fully saturated rings. The lowest BCUT2D eigenvalue weighted by Gasteiger charge is -2.20. The number of carboxylic acid groups (broad SMARTS) is 1. The maximum absolute atomic E-state index is 10.8. The highest BCUT2D eigenvalue weighted by molar-refractivity contribution is 9.10. The summed E-state index contributed by atoms with van der Waals surface area (Å²) in [5.74, 6) is -1.14. The molecule has 0 saturated heterocycles. The normalized spacial score (nSPS) is 12.1. The molecule has 0 heterocycles. The van der Waals surface area contributed by atoms with Crippen LogP contribution in [-0.2, 0) is 4.79 Å². The van der Waals surface area contributed by atoms with Gasteiger partial charge in [0, 0.05) is 21.3 Å². The Kier molecular flexibility index (Phi) is 5.22. The summed E-state index contributed by atoms with van der Waals surface area (Å²) >= 11 is 9.65. The van der Waals surface area contributed by atoms with Gasteiger partial charge in [0.05, 0.1) is 11.0 Å². The molecule has 0 aromatic heterocycles. The average molecular weight is 370 g/mol. The van der Waals surface area contributed by atoms with E-state index in [9.17, 15) is 9.90 Å². The Morgan fingerprint density at radius 3 is 2.67 bits per heavy atom. The fourth-order valence-electron chi connectivity index (χ4n) is 2.18. The van der Waals surface area contributed by atoms with E-state index in [0.717, 1.165) is 15.6 Å². The van der Waals surface area contributed by atoms with Crippen LogP contribution in [0.15, 0.2) is 46.9 Å². The number of aliphatic carboxylic acids is 1. The summed E-state index contributed by atoms with van der Waals surface area (Å²) in [6, 6.07) is 12.5. The molecule has 4 nitrogen and oxygen atoms in total. The molecule has 0 unspecified atom stereocenters. The van der Waals surface area contributed by atoms with Gasteiger partial charge >= 0.3 is 0 Å². The third-order valence-electron chi connectivity index (χ3n) is 3.14. The van der Waals surface area contributed by atoms with E-state index in [0.29, 0.717) is 10.7 Å². The molecule has 21 heavy (non-hydrogen) atoms. The second-order valence-corrected chi connectivity index (χ2v) is 5.91. The second kappa shape index (κ2) is 6.93. The second-order valence-electron chi connectivity index (χ2n) is 4.58. The summed E-state index contributed by atoms with van der Waals surface area (Å²) in [7, 11) is 0. The molecule has 4 N–H and O–H groups in total. The van der Waals surface area contributed by atoms with Gasteiger partial charge in [-0.1, -0.05) is 45.7 Å². The van der Waals surface area contributed by atoms with Crippen molar-refractivity contribution in [1.29, 1.82) is 0 Å². The smallest absolute Gasteiger partial charge is 0.141 e. The maximum Gasteiger partial charge on any atom is 0.141 e. The molecule has 2 rings (SSSR count). The molecule has 110 valence electrons. The molecule has 0 aliphatic rings. The van der Waals surface area contributed by atoms with Crippen molar-refractivity contribution < 1.29 is 15.2 Å². The minimum atomic E-state index is -1.14. The number of hydrogen-bond acceptors (Lipinski definition) is 3. The van der Waals surface area contributed by atoms with Crippen LogP contribution in [0.5, 0.6) is 0 Å². The number of nitrogen functional groups attached to an aromatic ring is 1. The predicted molar refractivity (Wildman–Crippen MR) is 83.6 cm³/mol. The standard InChI is InChI=1S/C15H14BrClN2O2/c16-9-5-6-13(18)11(7-9)15(19-8-14(20)21)10-3-1-2-4-12(10)17/h1-7,15,19H,8,18H2,(H,20,21)/t15-/m1/s1. The van der Waals surface area contributed by atoms with Crippen molar-refractivity contribution >= 4 is 39.2 Å². The fraction of sp³-hybridized carbons (Fsp3) is 0.133. The van der Waals surface area contributed by atoms with Gasteiger partial charge in [0.1, 0.15) is 12.6 Å². The van der Waals surface area contributed by atoms with Crippen LogP contribution in [-0.4, -0.2) is 12.5 Å². The van der Waals surface area contributed by atoms with Crippen LogP contribution in [0, 0.1) is 0 Å². The monoisotopic (exact) mass is 368 g/mol. The number of benzene rings is 2. The number of quaternary nitrogens is 1. The van der Waals surface area contributed by atoms with Crippen molar-refractivity contribution in [2.45, 2.75) is 6.04 Å². The van der Waals surface area contributed by atoms with Crippen LogP contribution >= 0.6 is 27.5 Å². The Labute approximate surface area is 136 Å². The SMILES string of the molecule is Nc1ccc(Br)cc1[C@H]([NH2+]CC(=O)[O-])c1ccccc1Cl. The molecule has 0 amide bonds. The Hall–Kier alpha value is -1.56. The van der Waals surface area contributed by atoms with E-state index in [-0.39, 0.29) is 12.6 Å². The first kappa shape index (κ1) is 15.8. The number of carbonyl (C=O) groups excluding carboxylic acids is 1. The first-order valence-corrected chi connectivity index (χ1v) is 7.48. The van der Waals surface area contributed by atoms with Gasteiger partial charge in [-0.2, -0.15) is 0 Å². The summed E-state index contributed by atoms with van der Waals surface area (Å²) in [5.41, 5.74) is 8.23. The van der Waals surface area contributed by atoms with E-state index in [1.165, 1.54) is 0 Å². The number of halogens is 2. The molecule has 0 saturated carbocycles. The molecule has 0 radical (unpaired) electrons. The van der Waals surface area contributed by atoms with Gasteiger partial charge in [0.2, 0.25) is 0 Å². The number of carbonyl (C=O) groups is 1. The van der Waals surface area contributed by atoms with Gasteiger partial charge in [-0.05, 0) is 24.3 Å². The zero-order valence-corrected chi connectivity index (χ0v) is 13.4. The largest absolute Gasteiger partial charge is 0.544 e. The van der Waals surface area contributed by atoms with Gasteiger partial charge in [-0.3, -0.25) is 0 Å². The van der Waals surface area contributed by atoms with Crippen molar-refractivity contribution in [2.24, 2.45) is 0 Å². The van der Waals surface area contributed by atoms with Crippen LogP contribution in [0.3, 0.4) is 0 Å². The molecule has 2 aromatic carbocycles. The van der Waals surface area contributed by atoms with E-state index in [4.69, 9.17) is 17.3 Å². The summed E-state index contributed by atoms with van der Waals surface area (Å²) in [6.07, 6.45) is 0. The molecule has 2 aromatic rings. The number of carboxylic acids is 1. The van der Waals surface area contributed by atoms with Crippen molar-refractivity contribution in [3.05, 3.63) is 63.1 Å². The highest BCUT2D eigenvalue weighted by atomic mass is 79.9. The minimum Gasteiger partial charge on any atom is -0.544 e. The lowest BCUT2D eigenvalue weighted by Crippen LogP contribution is -2.88. The van der Waals surface area contributed by atoms with Crippen LogP contribution in [0.1, 0.15) is 17.2 Å². The molecule has 0 aliphatic heterocycles. The van der Waals surface area contributed by atoms with Gasteiger partial charge in [-0.25, -0.2) is 0 Å². The van der Waals surface area contributed by atoms with E-state index >= 15 is 0 Å². The quantitative estimate of drug-likeness (QED) is 0.774. The molecule has 0 spiro atoms. The van der Waals surface area contributed by atoms with Crippen LogP contribution in [0.4, 0.5) is 5.69 Å². The topological polar surface area (TPSA) is 82.8 Å². The van der Waals surface area contributed by atoms with E-state index in [1.54, 1.807) is 17.4 Å². The minimum absolute atomic E-state index is 0.179. The van der Waals surface area contributed by atoms with Crippen LogP contribution in [0.2, 0.25) is 5.02 Å². The highest BCUT2D eigenvalue weighted by Crippen LogP contribution is 2.30. The lowest BCUT2D eigenvalue weighted by atomic mass is 9.97. The summed E-state index contributed by atoms with van der Waals surface area (Å²) in [4.78, 5) is 10.8. The van der Waals surface area contributed by atoms with Crippen LogP contribution in [0.25, 0.3) is 0 Å². The van der Waals surface area contributed by atoms with Crippen molar-refractivity contribution in [3.8, 4) is 0 Å². The number of nitrogens with two attached hydrogens (primary N) is 2. The number of anilines is 1. The zero-order valence-electron chi connectivity index (χ0n) is 11.1. The lowest BCUT2D eigenvalue weighted by molar-refractivity contribution is -0.682. The fourth-order valence-corrected chi connectivity index (χ4v) is 2.81. The molecule has 0 aliphatic carbocycles. The number of rotatable bonds is 5. The summed E-state index contributed by atoms with van der Waals surface area (Å²) in [6.45, 7) is -0.179. The Bertz CT molecular complexity index is 664. The molecular weight excluding hydrogens is 356 g/mol. The zero-order chi connectivity index (χ0) is 15.4.